The standard InChI is InChI=1S/C21H33N3O2/c1-3-5-10-18(13-14-19(9-4-2)20(22)25)16-24-21(26)23-15-17-11-7-6-8-12-17/h6-8,11-12,15,18-19H,3-5,9-10,13-14,16H2,1-2H3,(H2,22,25)(H,24,26)/b23-15+/t18-,19?/m0/s1. The molecule has 0 bridgehead atoms. The first kappa shape index (κ1) is 21.9. The lowest BCUT2D eigenvalue weighted by molar-refractivity contribution is -0.122. The number of rotatable bonds is 12. The maximum atomic E-state index is 12.0. The van der Waals surface area contributed by atoms with Crippen LogP contribution in [0.2, 0.25) is 0 Å². The Bertz CT molecular complexity index is 558. The molecule has 1 unspecified atom stereocenters. The minimum Gasteiger partial charge on any atom is -0.369 e. The van der Waals surface area contributed by atoms with Crippen molar-refractivity contribution < 1.29 is 9.59 Å². The number of amides is 3. The first-order valence-corrected chi connectivity index (χ1v) is 9.73. The Labute approximate surface area is 157 Å². The van der Waals surface area contributed by atoms with E-state index in [0.717, 1.165) is 50.5 Å². The Morgan fingerprint density at radius 1 is 1.08 bits per heavy atom. The highest BCUT2D eigenvalue weighted by molar-refractivity contribution is 5.90. The molecule has 26 heavy (non-hydrogen) atoms. The van der Waals surface area contributed by atoms with Gasteiger partial charge in [0.25, 0.3) is 0 Å². The van der Waals surface area contributed by atoms with E-state index >= 15 is 0 Å². The van der Waals surface area contributed by atoms with E-state index in [1.807, 2.05) is 30.3 Å². The molecular weight excluding hydrogens is 326 g/mol. The van der Waals surface area contributed by atoms with E-state index in [9.17, 15) is 9.59 Å². The fourth-order valence-corrected chi connectivity index (χ4v) is 3.01. The monoisotopic (exact) mass is 359 g/mol. The Morgan fingerprint density at radius 3 is 2.42 bits per heavy atom. The number of hydrogen-bond acceptors (Lipinski definition) is 2. The van der Waals surface area contributed by atoms with E-state index in [2.05, 4.69) is 24.2 Å². The van der Waals surface area contributed by atoms with Gasteiger partial charge in [0.15, 0.2) is 0 Å². The molecule has 0 aliphatic heterocycles. The second kappa shape index (κ2) is 13.1. The van der Waals surface area contributed by atoms with Crippen molar-refractivity contribution in [1.29, 1.82) is 0 Å². The molecule has 5 heteroatoms. The van der Waals surface area contributed by atoms with Gasteiger partial charge >= 0.3 is 6.03 Å². The molecule has 0 fully saturated rings. The van der Waals surface area contributed by atoms with Gasteiger partial charge in [-0.15, -0.1) is 0 Å². The number of nitrogens with one attached hydrogen (secondary N) is 1. The van der Waals surface area contributed by atoms with Crippen molar-refractivity contribution in [1.82, 2.24) is 5.32 Å². The number of benzene rings is 1. The highest BCUT2D eigenvalue weighted by atomic mass is 16.2. The minimum atomic E-state index is -0.324. The van der Waals surface area contributed by atoms with Gasteiger partial charge in [0.2, 0.25) is 5.91 Å². The summed E-state index contributed by atoms with van der Waals surface area (Å²) in [6.07, 6.45) is 8.32. The average molecular weight is 360 g/mol. The van der Waals surface area contributed by atoms with Gasteiger partial charge in [0.1, 0.15) is 0 Å². The molecule has 0 aliphatic rings. The molecule has 1 aromatic carbocycles. The van der Waals surface area contributed by atoms with Crippen molar-refractivity contribution in [3.8, 4) is 0 Å². The van der Waals surface area contributed by atoms with Gasteiger partial charge in [-0.25, -0.2) is 9.79 Å². The van der Waals surface area contributed by atoms with Crippen LogP contribution in [0, 0.1) is 11.8 Å². The molecule has 2 atom stereocenters. The van der Waals surface area contributed by atoms with Crippen LogP contribution in [-0.4, -0.2) is 24.7 Å². The number of urea groups is 1. The zero-order valence-electron chi connectivity index (χ0n) is 16.1. The SMILES string of the molecule is CCCC[C@@H](CCC(CCC)C(N)=O)CNC(=O)/N=C/c1ccccc1. The van der Waals surface area contributed by atoms with Gasteiger partial charge in [-0.2, -0.15) is 0 Å². The number of nitrogens with zero attached hydrogens (tertiary/aromatic N) is 1. The largest absolute Gasteiger partial charge is 0.369 e. The summed E-state index contributed by atoms with van der Waals surface area (Å²) >= 11 is 0. The maximum Gasteiger partial charge on any atom is 0.340 e. The number of carbonyl (C=O) groups is 2. The Kier molecular flexibility index (Phi) is 11.0. The van der Waals surface area contributed by atoms with Crippen molar-refractivity contribution >= 4 is 18.2 Å². The summed E-state index contributed by atoms with van der Waals surface area (Å²) in [5.41, 5.74) is 6.40. The fraction of sp³-hybridized carbons (Fsp3) is 0.571. The quantitative estimate of drug-likeness (QED) is 0.545. The molecule has 3 N–H and O–H groups in total. The van der Waals surface area contributed by atoms with E-state index in [1.165, 1.54) is 0 Å². The normalized spacial score (nSPS) is 13.5. The van der Waals surface area contributed by atoms with Gasteiger partial charge < -0.3 is 11.1 Å². The first-order chi connectivity index (χ1) is 12.6. The minimum absolute atomic E-state index is 0.0593. The maximum absolute atomic E-state index is 12.0. The third-order valence-electron chi connectivity index (χ3n) is 4.60. The number of unbranched alkanes of at least 4 members (excludes halogenated alkanes) is 1. The number of hydrogen-bond donors (Lipinski definition) is 2. The summed E-state index contributed by atoms with van der Waals surface area (Å²) in [4.78, 5) is 27.4. The van der Waals surface area contributed by atoms with E-state index in [4.69, 9.17) is 5.73 Å². The molecule has 0 aromatic heterocycles. The lowest BCUT2D eigenvalue weighted by Gasteiger charge is -2.19. The highest BCUT2D eigenvalue weighted by Crippen LogP contribution is 2.20. The van der Waals surface area contributed by atoms with E-state index in [1.54, 1.807) is 6.21 Å². The number of aliphatic imine (C=N–C) groups is 1. The van der Waals surface area contributed by atoms with Crippen LogP contribution in [0.15, 0.2) is 35.3 Å². The molecule has 0 spiro atoms. The van der Waals surface area contributed by atoms with Crippen molar-refractivity contribution in [2.75, 3.05) is 6.54 Å². The van der Waals surface area contributed by atoms with Gasteiger partial charge in [-0.05, 0) is 37.2 Å². The summed E-state index contributed by atoms with van der Waals surface area (Å²) in [6.45, 7) is 4.81. The zero-order valence-corrected chi connectivity index (χ0v) is 16.1. The van der Waals surface area contributed by atoms with Crippen LogP contribution >= 0.6 is 0 Å². The fourth-order valence-electron chi connectivity index (χ4n) is 3.01. The number of nitrogens with two attached hydrogens (primary N) is 1. The van der Waals surface area contributed by atoms with Crippen LogP contribution in [0.3, 0.4) is 0 Å². The van der Waals surface area contributed by atoms with E-state index in [-0.39, 0.29) is 17.9 Å². The molecule has 1 aromatic rings. The van der Waals surface area contributed by atoms with E-state index in [0.29, 0.717) is 12.5 Å². The summed E-state index contributed by atoms with van der Waals surface area (Å²) in [6, 6.07) is 9.22. The van der Waals surface area contributed by atoms with E-state index < -0.39 is 0 Å². The van der Waals surface area contributed by atoms with Crippen molar-refractivity contribution in [3.05, 3.63) is 35.9 Å². The Morgan fingerprint density at radius 2 is 1.81 bits per heavy atom. The topological polar surface area (TPSA) is 84.5 Å². The Balaban J connectivity index is 2.48. The summed E-state index contributed by atoms with van der Waals surface area (Å²) in [5.74, 6) is 0.0815. The predicted octanol–water partition coefficient (Wildman–Crippen LogP) is 4.30. The highest BCUT2D eigenvalue weighted by Gasteiger charge is 2.17. The van der Waals surface area contributed by atoms with Gasteiger partial charge in [0.05, 0.1) is 0 Å². The molecule has 0 saturated carbocycles. The third kappa shape index (κ3) is 9.35. The van der Waals surface area contributed by atoms with Gasteiger partial charge in [0, 0.05) is 18.7 Å². The second-order valence-corrected chi connectivity index (χ2v) is 6.83. The molecular formula is C21H33N3O2. The van der Waals surface area contributed by atoms with Crippen molar-refractivity contribution in [2.45, 2.75) is 58.8 Å². The molecule has 0 aliphatic carbocycles. The molecule has 1 rings (SSSR count). The average Bonchev–Trinajstić information content (AvgIpc) is 2.65. The third-order valence-corrected chi connectivity index (χ3v) is 4.60. The number of carbonyl (C=O) groups excluding carboxylic acids is 2. The molecule has 3 amide bonds. The summed E-state index contributed by atoms with van der Waals surface area (Å²) in [5, 5.41) is 2.89. The Hall–Kier alpha value is -2.17. The van der Waals surface area contributed by atoms with Crippen LogP contribution in [0.1, 0.15) is 64.4 Å². The lowest BCUT2D eigenvalue weighted by Crippen LogP contribution is -2.29. The van der Waals surface area contributed by atoms with Crippen molar-refractivity contribution in [3.63, 3.8) is 0 Å². The lowest BCUT2D eigenvalue weighted by atomic mass is 9.89. The summed E-state index contributed by atoms with van der Waals surface area (Å²) < 4.78 is 0. The summed E-state index contributed by atoms with van der Waals surface area (Å²) in [7, 11) is 0. The van der Waals surface area contributed by atoms with Crippen molar-refractivity contribution in [2.24, 2.45) is 22.6 Å². The van der Waals surface area contributed by atoms with Gasteiger partial charge in [-0.1, -0.05) is 63.4 Å². The van der Waals surface area contributed by atoms with Crippen LogP contribution in [-0.2, 0) is 4.79 Å². The van der Waals surface area contributed by atoms with Crippen LogP contribution in [0.5, 0.6) is 0 Å². The second-order valence-electron chi connectivity index (χ2n) is 6.83. The van der Waals surface area contributed by atoms with Crippen LogP contribution in [0.25, 0.3) is 0 Å². The molecule has 0 heterocycles. The smallest absolute Gasteiger partial charge is 0.340 e. The number of primary amides is 1. The van der Waals surface area contributed by atoms with Crippen LogP contribution < -0.4 is 11.1 Å². The molecule has 0 radical (unpaired) electrons. The molecule has 0 saturated heterocycles. The molecule has 144 valence electrons. The van der Waals surface area contributed by atoms with Gasteiger partial charge in [-0.3, -0.25) is 4.79 Å². The molecule has 5 nitrogen and oxygen atoms in total. The zero-order chi connectivity index (χ0) is 19.2. The van der Waals surface area contributed by atoms with Crippen LogP contribution in [0.4, 0.5) is 4.79 Å². The predicted molar refractivity (Wildman–Crippen MR) is 107 cm³/mol. The first-order valence-electron chi connectivity index (χ1n) is 9.73.